The van der Waals surface area contributed by atoms with Crippen LogP contribution in [0.1, 0.15) is 44.4 Å². The number of hydrogen-bond donors (Lipinski definition) is 3. The van der Waals surface area contributed by atoms with Crippen LogP contribution in [0.5, 0.6) is 0 Å². The Morgan fingerprint density at radius 1 is 1.38 bits per heavy atom. The van der Waals surface area contributed by atoms with E-state index in [2.05, 4.69) is 10.5 Å². The molecule has 1 rings (SSSR count). The lowest BCUT2D eigenvalue weighted by Gasteiger charge is -2.21. The van der Waals surface area contributed by atoms with Crippen molar-refractivity contribution in [3.05, 3.63) is 35.4 Å². The van der Waals surface area contributed by atoms with Gasteiger partial charge in [-0.3, -0.25) is 10.1 Å². The molecule has 0 aliphatic rings. The number of esters is 1. The molecule has 0 aromatic heterocycles. The van der Waals surface area contributed by atoms with E-state index >= 15 is 0 Å². The van der Waals surface area contributed by atoms with E-state index < -0.39 is 0 Å². The number of benzene rings is 1. The molecule has 0 spiro atoms. The van der Waals surface area contributed by atoms with Crippen LogP contribution in [-0.2, 0) is 9.53 Å². The topological polar surface area (TPSA) is 96.9 Å². The Balaban J connectivity index is 2.74. The Bertz CT molecular complexity index is 485. The predicted octanol–water partition coefficient (Wildman–Crippen LogP) is 1.77. The molecule has 0 saturated heterocycles. The third kappa shape index (κ3) is 4.75. The molecule has 4 N–H and O–H groups in total. The van der Waals surface area contributed by atoms with Gasteiger partial charge in [0, 0.05) is 11.6 Å². The fourth-order valence-corrected chi connectivity index (χ4v) is 1.99. The lowest BCUT2D eigenvalue weighted by atomic mass is 10.0. The number of nitrogens with two attached hydrogens (primary N) is 1. The summed E-state index contributed by atoms with van der Waals surface area (Å²) in [6.45, 7) is 6.07. The summed E-state index contributed by atoms with van der Waals surface area (Å²) in [5.41, 5.74) is 7.17. The van der Waals surface area contributed by atoms with Crippen LogP contribution in [0.25, 0.3) is 0 Å². The van der Waals surface area contributed by atoms with Crippen molar-refractivity contribution < 1.29 is 14.7 Å². The van der Waals surface area contributed by atoms with Crippen LogP contribution in [0, 0.1) is 0 Å². The normalized spacial score (nSPS) is 14.5. The number of hydrogen-bond acceptors (Lipinski definition) is 5. The highest BCUT2D eigenvalue weighted by molar-refractivity contribution is 5.96. The fourth-order valence-electron chi connectivity index (χ4n) is 1.99. The zero-order chi connectivity index (χ0) is 15.8. The predicted molar refractivity (Wildman–Crippen MR) is 81.2 cm³/mol. The maximum atomic E-state index is 11.8. The van der Waals surface area contributed by atoms with Gasteiger partial charge in [0.2, 0.25) is 0 Å². The maximum Gasteiger partial charge on any atom is 0.323 e. The molecule has 0 fully saturated rings. The van der Waals surface area contributed by atoms with Crippen LogP contribution < -0.4 is 11.1 Å². The average Bonchev–Trinajstić information content (AvgIpc) is 2.51. The summed E-state index contributed by atoms with van der Waals surface area (Å²) in [6.07, 6.45) is 0.658. The van der Waals surface area contributed by atoms with Gasteiger partial charge < -0.3 is 15.7 Å². The zero-order valence-corrected chi connectivity index (χ0v) is 12.7. The van der Waals surface area contributed by atoms with E-state index in [1.165, 1.54) is 0 Å². The van der Waals surface area contributed by atoms with Gasteiger partial charge in [-0.25, -0.2) is 0 Å². The molecule has 6 nitrogen and oxygen atoms in total. The first kappa shape index (κ1) is 17.0. The van der Waals surface area contributed by atoms with Gasteiger partial charge in [0.15, 0.2) is 5.84 Å². The molecular weight excluding hydrogens is 270 g/mol. The minimum atomic E-state index is -0.330. The molecule has 0 unspecified atom stereocenters. The average molecular weight is 293 g/mol. The molecule has 0 aliphatic carbocycles. The fraction of sp³-hybridized carbons (Fsp3) is 0.467. The standard InChI is InChI=1S/C15H23N3O3/c1-4-13(15(19)21-5-2)17-10(3)11-6-8-12(9-7-11)14(16)18-20/h6-10,13,17,20H,4-5H2,1-3H3,(H2,16,18)/t10-,13+/m1/s1. The number of rotatable bonds is 7. The second kappa shape index (κ2) is 8.26. The highest BCUT2D eigenvalue weighted by Gasteiger charge is 2.20. The van der Waals surface area contributed by atoms with Crippen LogP contribution in [0.15, 0.2) is 29.4 Å². The molecule has 2 atom stereocenters. The first-order valence-corrected chi connectivity index (χ1v) is 7.04. The molecule has 1 aromatic carbocycles. The largest absolute Gasteiger partial charge is 0.465 e. The lowest BCUT2D eigenvalue weighted by molar-refractivity contribution is -0.146. The molecule has 116 valence electrons. The van der Waals surface area contributed by atoms with Gasteiger partial charge in [-0.2, -0.15) is 0 Å². The Kier molecular flexibility index (Phi) is 6.68. The number of carbonyl (C=O) groups excluding carboxylic acids is 1. The van der Waals surface area contributed by atoms with Crippen molar-refractivity contribution in [2.24, 2.45) is 10.9 Å². The molecule has 0 bridgehead atoms. The molecule has 0 saturated carbocycles. The summed E-state index contributed by atoms with van der Waals surface area (Å²) >= 11 is 0. The first-order valence-electron chi connectivity index (χ1n) is 7.04. The molecule has 0 aliphatic heterocycles. The van der Waals surface area contributed by atoms with Gasteiger partial charge in [-0.05, 0) is 25.8 Å². The molecule has 21 heavy (non-hydrogen) atoms. The zero-order valence-electron chi connectivity index (χ0n) is 12.7. The maximum absolute atomic E-state index is 11.8. The molecule has 1 aromatic rings. The van der Waals surface area contributed by atoms with Gasteiger partial charge in [-0.15, -0.1) is 0 Å². The Labute approximate surface area is 125 Å². The van der Waals surface area contributed by atoms with Crippen molar-refractivity contribution in [3.63, 3.8) is 0 Å². The molecule has 6 heteroatoms. The lowest BCUT2D eigenvalue weighted by Crippen LogP contribution is -2.39. The van der Waals surface area contributed by atoms with E-state index in [1.54, 1.807) is 19.1 Å². The van der Waals surface area contributed by atoms with Crippen molar-refractivity contribution >= 4 is 11.8 Å². The van der Waals surface area contributed by atoms with Crippen LogP contribution in [0.2, 0.25) is 0 Å². The monoisotopic (exact) mass is 293 g/mol. The Hall–Kier alpha value is -2.08. The van der Waals surface area contributed by atoms with E-state index in [9.17, 15) is 4.79 Å². The van der Waals surface area contributed by atoms with E-state index in [4.69, 9.17) is 15.7 Å². The van der Waals surface area contributed by atoms with Crippen molar-refractivity contribution in [2.45, 2.75) is 39.3 Å². The quantitative estimate of drug-likeness (QED) is 0.234. The smallest absolute Gasteiger partial charge is 0.323 e. The molecule has 0 heterocycles. The van der Waals surface area contributed by atoms with E-state index in [0.29, 0.717) is 18.6 Å². The van der Waals surface area contributed by atoms with Crippen molar-refractivity contribution in [2.75, 3.05) is 6.61 Å². The summed E-state index contributed by atoms with van der Waals surface area (Å²) in [5.74, 6) is -0.166. The van der Waals surface area contributed by atoms with Crippen LogP contribution in [-0.4, -0.2) is 29.7 Å². The number of nitrogens with zero attached hydrogens (tertiary/aromatic N) is 1. The minimum absolute atomic E-state index is 0.0132. The van der Waals surface area contributed by atoms with Crippen molar-refractivity contribution in [1.82, 2.24) is 5.32 Å². The number of nitrogens with one attached hydrogen (secondary N) is 1. The number of amidine groups is 1. The van der Waals surface area contributed by atoms with Crippen LogP contribution in [0.3, 0.4) is 0 Å². The SMILES string of the molecule is CCOC(=O)[C@H](CC)N[C@H](C)c1ccc(/C(N)=N/O)cc1. The number of oxime groups is 1. The molecule has 0 amide bonds. The summed E-state index contributed by atoms with van der Waals surface area (Å²) in [6, 6.07) is 6.96. The summed E-state index contributed by atoms with van der Waals surface area (Å²) in [7, 11) is 0. The van der Waals surface area contributed by atoms with Gasteiger partial charge in [0.05, 0.1) is 6.61 Å². The van der Waals surface area contributed by atoms with Crippen molar-refractivity contribution in [1.29, 1.82) is 0 Å². The Morgan fingerprint density at radius 3 is 2.48 bits per heavy atom. The number of carbonyl (C=O) groups is 1. The van der Waals surface area contributed by atoms with Crippen molar-refractivity contribution in [3.8, 4) is 0 Å². The molecular formula is C15H23N3O3. The first-order chi connectivity index (χ1) is 10.0. The van der Waals surface area contributed by atoms with Gasteiger partial charge in [-0.1, -0.05) is 36.3 Å². The summed E-state index contributed by atoms with van der Waals surface area (Å²) < 4.78 is 5.04. The van der Waals surface area contributed by atoms with Gasteiger partial charge >= 0.3 is 5.97 Å². The minimum Gasteiger partial charge on any atom is -0.465 e. The summed E-state index contributed by atoms with van der Waals surface area (Å²) in [4.78, 5) is 11.8. The number of ether oxygens (including phenoxy) is 1. The third-order valence-corrected chi connectivity index (χ3v) is 3.24. The highest BCUT2D eigenvalue weighted by atomic mass is 16.5. The molecule has 0 radical (unpaired) electrons. The van der Waals surface area contributed by atoms with Gasteiger partial charge in [0.1, 0.15) is 6.04 Å². The van der Waals surface area contributed by atoms with E-state index in [-0.39, 0.29) is 23.9 Å². The Morgan fingerprint density at radius 2 is 2.00 bits per heavy atom. The van der Waals surface area contributed by atoms with Crippen LogP contribution >= 0.6 is 0 Å². The van der Waals surface area contributed by atoms with Crippen LogP contribution in [0.4, 0.5) is 0 Å². The highest BCUT2D eigenvalue weighted by Crippen LogP contribution is 2.15. The van der Waals surface area contributed by atoms with E-state index in [0.717, 1.165) is 5.56 Å². The second-order valence-electron chi connectivity index (χ2n) is 4.71. The summed E-state index contributed by atoms with van der Waals surface area (Å²) in [5, 5.41) is 14.8. The second-order valence-corrected chi connectivity index (χ2v) is 4.71. The van der Waals surface area contributed by atoms with E-state index in [1.807, 2.05) is 26.0 Å². The third-order valence-electron chi connectivity index (χ3n) is 3.24. The van der Waals surface area contributed by atoms with Gasteiger partial charge in [0.25, 0.3) is 0 Å².